The van der Waals surface area contributed by atoms with Crippen molar-refractivity contribution in [3.05, 3.63) is 59.2 Å². The second-order valence-electron chi connectivity index (χ2n) is 4.59. The van der Waals surface area contributed by atoms with E-state index >= 15 is 0 Å². The quantitative estimate of drug-likeness (QED) is 0.690. The molecule has 1 N–H and O–H groups in total. The first kappa shape index (κ1) is 15.5. The number of methoxy groups -OCH3 is 1. The van der Waals surface area contributed by atoms with Crippen LogP contribution in [0, 0.1) is 18.8 Å². The summed E-state index contributed by atoms with van der Waals surface area (Å²) in [6.07, 6.45) is 0. The van der Waals surface area contributed by atoms with E-state index < -0.39 is 0 Å². The van der Waals surface area contributed by atoms with Crippen molar-refractivity contribution >= 4 is 11.8 Å². The number of hydrogen-bond donors (Lipinski definition) is 1. The zero-order valence-corrected chi connectivity index (χ0v) is 13.0. The van der Waals surface area contributed by atoms with Gasteiger partial charge < -0.3 is 9.84 Å². The molecule has 2 aromatic carbocycles. The third-order valence-electron chi connectivity index (χ3n) is 2.98. The summed E-state index contributed by atoms with van der Waals surface area (Å²) in [7, 11) is 1.68. The molecule has 0 fully saturated rings. The molecule has 108 valence electrons. The van der Waals surface area contributed by atoms with Crippen molar-refractivity contribution in [1.29, 1.82) is 0 Å². The van der Waals surface area contributed by atoms with Gasteiger partial charge in [0.05, 0.1) is 7.11 Å². The van der Waals surface area contributed by atoms with Gasteiger partial charge in [0, 0.05) is 21.8 Å². The molecule has 0 saturated carbocycles. The van der Waals surface area contributed by atoms with Crippen LogP contribution in [-0.4, -0.2) is 18.8 Å². The zero-order chi connectivity index (χ0) is 15.1. The molecule has 0 aliphatic carbocycles. The van der Waals surface area contributed by atoms with Gasteiger partial charge in [-0.2, -0.15) is 0 Å². The molecule has 0 aliphatic heterocycles. The number of rotatable bonds is 4. The van der Waals surface area contributed by atoms with E-state index in [1.54, 1.807) is 18.9 Å². The summed E-state index contributed by atoms with van der Waals surface area (Å²) >= 11 is 1.77. The molecule has 2 rings (SSSR count). The molecule has 3 heteroatoms. The number of ether oxygens (including phenoxy) is 1. The van der Waals surface area contributed by atoms with Crippen LogP contribution in [0.5, 0.6) is 5.75 Å². The topological polar surface area (TPSA) is 29.5 Å². The monoisotopic (exact) mass is 298 g/mol. The average molecular weight is 298 g/mol. The van der Waals surface area contributed by atoms with Gasteiger partial charge in [-0.05, 0) is 37.3 Å². The van der Waals surface area contributed by atoms with E-state index in [2.05, 4.69) is 43.0 Å². The molecule has 2 aromatic rings. The molecule has 0 spiro atoms. The van der Waals surface area contributed by atoms with Gasteiger partial charge in [0.1, 0.15) is 12.4 Å². The summed E-state index contributed by atoms with van der Waals surface area (Å²) in [5, 5.41) is 8.77. The molecule has 0 heterocycles. The first-order chi connectivity index (χ1) is 10.2. The van der Waals surface area contributed by atoms with E-state index in [0.29, 0.717) is 0 Å². The van der Waals surface area contributed by atoms with Gasteiger partial charge in [-0.15, -0.1) is 11.8 Å². The molecule has 0 atom stereocenters. The Kier molecular flexibility index (Phi) is 5.74. The Bertz CT molecular complexity index is 668. The minimum atomic E-state index is -0.126. The van der Waals surface area contributed by atoms with Gasteiger partial charge in [-0.25, -0.2) is 0 Å². The summed E-state index contributed by atoms with van der Waals surface area (Å²) in [5.41, 5.74) is 3.26. The van der Waals surface area contributed by atoms with Gasteiger partial charge in [-0.1, -0.05) is 29.5 Å². The van der Waals surface area contributed by atoms with Crippen molar-refractivity contribution in [3.8, 4) is 17.6 Å². The third kappa shape index (κ3) is 4.56. The normalized spacial score (nSPS) is 9.86. The molecule has 0 bridgehead atoms. The van der Waals surface area contributed by atoms with Crippen LogP contribution in [0.3, 0.4) is 0 Å². The van der Waals surface area contributed by atoms with E-state index in [1.165, 1.54) is 10.5 Å². The van der Waals surface area contributed by atoms with Crippen molar-refractivity contribution in [2.75, 3.05) is 13.7 Å². The maximum absolute atomic E-state index is 8.77. The van der Waals surface area contributed by atoms with E-state index in [0.717, 1.165) is 22.6 Å². The number of benzene rings is 2. The van der Waals surface area contributed by atoms with Crippen LogP contribution in [0.15, 0.2) is 47.4 Å². The van der Waals surface area contributed by atoms with Gasteiger partial charge in [-0.3, -0.25) is 0 Å². The Morgan fingerprint density at radius 1 is 1.19 bits per heavy atom. The predicted octanol–water partition coefficient (Wildman–Crippen LogP) is 3.64. The van der Waals surface area contributed by atoms with Gasteiger partial charge in [0.2, 0.25) is 0 Å². The third-order valence-corrected chi connectivity index (χ3v) is 4.02. The Morgan fingerprint density at radius 3 is 2.76 bits per heavy atom. The van der Waals surface area contributed by atoms with Crippen molar-refractivity contribution in [3.63, 3.8) is 0 Å². The molecular formula is C18H18O2S. The molecule has 0 amide bonds. The lowest BCUT2D eigenvalue weighted by Gasteiger charge is -2.09. The summed E-state index contributed by atoms with van der Waals surface area (Å²) in [4.78, 5) is 1.24. The maximum atomic E-state index is 8.77. The molecule has 0 aliphatic rings. The first-order valence-corrected chi connectivity index (χ1v) is 7.67. The Balaban J connectivity index is 2.17. The SMILES string of the molecule is COc1ccc(C#CCO)cc1CSc1cccc(C)c1. The highest BCUT2D eigenvalue weighted by atomic mass is 32.2. The zero-order valence-electron chi connectivity index (χ0n) is 12.2. The molecule has 0 radical (unpaired) electrons. The molecular weight excluding hydrogens is 280 g/mol. The summed E-state index contributed by atoms with van der Waals surface area (Å²) in [6.45, 7) is 1.97. The van der Waals surface area contributed by atoms with E-state index in [4.69, 9.17) is 9.84 Å². The van der Waals surface area contributed by atoms with Gasteiger partial charge in [0.25, 0.3) is 0 Å². The molecule has 0 aromatic heterocycles. The lowest BCUT2D eigenvalue weighted by atomic mass is 10.1. The van der Waals surface area contributed by atoms with Gasteiger partial charge >= 0.3 is 0 Å². The Hall–Kier alpha value is -1.89. The number of aliphatic hydroxyl groups is 1. The summed E-state index contributed by atoms with van der Waals surface area (Å²) < 4.78 is 5.41. The van der Waals surface area contributed by atoms with E-state index in [1.807, 2.05) is 18.2 Å². The summed E-state index contributed by atoms with van der Waals surface area (Å²) in [6, 6.07) is 14.3. The fourth-order valence-electron chi connectivity index (χ4n) is 1.98. The minimum Gasteiger partial charge on any atom is -0.496 e. The smallest absolute Gasteiger partial charge is 0.122 e. The highest BCUT2D eigenvalue weighted by Crippen LogP contribution is 2.29. The molecule has 21 heavy (non-hydrogen) atoms. The van der Waals surface area contributed by atoms with Crippen LogP contribution in [0.2, 0.25) is 0 Å². The van der Waals surface area contributed by atoms with E-state index in [-0.39, 0.29) is 6.61 Å². The van der Waals surface area contributed by atoms with Crippen LogP contribution in [0.1, 0.15) is 16.7 Å². The lowest BCUT2D eigenvalue weighted by molar-refractivity contribution is 0.350. The Labute approximate surface area is 130 Å². The highest BCUT2D eigenvalue weighted by Gasteiger charge is 2.05. The number of aryl methyl sites for hydroxylation is 1. The fourth-order valence-corrected chi connectivity index (χ4v) is 2.97. The van der Waals surface area contributed by atoms with Crippen LogP contribution in [0.4, 0.5) is 0 Å². The highest BCUT2D eigenvalue weighted by molar-refractivity contribution is 7.98. The van der Waals surface area contributed by atoms with Gasteiger partial charge in [0.15, 0.2) is 0 Å². The molecule has 2 nitrogen and oxygen atoms in total. The first-order valence-electron chi connectivity index (χ1n) is 6.69. The number of hydrogen-bond acceptors (Lipinski definition) is 3. The second-order valence-corrected chi connectivity index (χ2v) is 5.64. The fraction of sp³-hybridized carbons (Fsp3) is 0.222. The molecule has 0 unspecified atom stereocenters. The predicted molar refractivity (Wildman–Crippen MR) is 87.7 cm³/mol. The average Bonchev–Trinajstić information content (AvgIpc) is 2.51. The van der Waals surface area contributed by atoms with E-state index in [9.17, 15) is 0 Å². The van der Waals surface area contributed by atoms with Crippen molar-refractivity contribution < 1.29 is 9.84 Å². The van der Waals surface area contributed by atoms with Crippen LogP contribution in [-0.2, 0) is 5.75 Å². The summed E-state index contributed by atoms with van der Waals surface area (Å²) in [5.74, 6) is 7.28. The number of aliphatic hydroxyl groups excluding tert-OH is 1. The lowest BCUT2D eigenvalue weighted by Crippen LogP contribution is -1.92. The number of thioether (sulfide) groups is 1. The van der Waals surface area contributed by atoms with Crippen molar-refractivity contribution in [1.82, 2.24) is 0 Å². The van der Waals surface area contributed by atoms with Crippen LogP contribution in [0.25, 0.3) is 0 Å². The van der Waals surface area contributed by atoms with Crippen molar-refractivity contribution in [2.45, 2.75) is 17.6 Å². The van der Waals surface area contributed by atoms with Crippen LogP contribution >= 0.6 is 11.8 Å². The standard InChI is InChI=1S/C18H18O2S/c1-14-5-3-7-17(11-14)21-13-16-12-15(6-4-10-19)8-9-18(16)20-2/h3,5,7-9,11-12,19H,10,13H2,1-2H3. The minimum absolute atomic E-state index is 0.126. The maximum Gasteiger partial charge on any atom is 0.122 e. The Morgan fingerprint density at radius 2 is 2.05 bits per heavy atom. The second kappa shape index (κ2) is 7.78. The molecule has 0 saturated heterocycles. The van der Waals surface area contributed by atoms with Crippen LogP contribution < -0.4 is 4.74 Å². The van der Waals surface area contributed by atoms with Crippen molar-refractivity contribution in [2.24, 2.45) is 0 Å². The largest absolute Gasteiger partial charge is 0.496 e.